The van der Waals surface area contributed by atoms with E-state index in [2.05, 4.69) is 29.2 Å². The van der Waals surface area contributed by atoms with E-state index in [0.717, 1.165) is 13.1 Å². The zero-order chi connectivity index (χ0) is 10.2. The average molecular weight is 196 g/mol. The van der Waals surface area contributed by atoms with E-state index < -0.39 is 0 Å². The summed E-state index contributed by atoms with van der Waals surface area (Å²) in [6.45, 7) is 6.55. The quantitative estimate of drug-likeness (QED) is 0.667. The van der Waals surface area contributed by atoms with Gasteiger partial charge in [0.2, 0.25) is 0 Å². The van der Waals surface area contributed by atoms with Crippen LogP contribution in [0.1, 0.15) is 39.5 Å². The standard InChI is InChI=1S/C10H20N4/c1-3-5-8-13(9-6-4-2)14-10-7-11-12-14/h7,10H,3-6,8-9H2,1-2H3. The summed E-state index contributed by atoms with van der Waals surface area (Å²) < 4.78 is 0. The molecule has 0 amide bonds. The van der Waals surface area contributed by atoms with Gasteiger partial charge in [0.05, 0.1) is 12.4 Å². The van der Waals surface area contributed by atoms with Crippen molar-refractivity contribution in [3.8, 4) is 0 Å². The van der Waals surface area contributed by atoms with Gasteiger partial charge in [-0.1, -0.05) is 26.7 Å². The molecule has 0 saturated carbocycles. The maximum atomic E-state index is 4.01. The maximum absolute atomic E-state index is 4.01. The van der Waals surface area contributed by atoms with Crippen molar-refractivity contribution in [3.63, 3.8) is 0 Å². The zero-order valence-corrected chi connectivity index (χ0v) is 9.19. The van der Waals surface area contributed by atoms with Crippen LogP contribution in [0.25, 0.3) is 0 Å². The molecule has 4 heteroatoms. The number of aromatic nitrogens is 3. The number of hydrogen-bond acceptors (Lipinski definition) is 3. The van der Waals surface area contributed by atoms with Crippen LogP contribution in [0.4, 0.5) is 0 Å². The summed E-state index contributed by atoms with van der Waals surface area (Å²) in [6, 6.07) is 0. The summed E-state index contributed by atoms with van der Waals surface area (Å²) >= 11 is 0. The zero-order valence-electron chi connectivity index (χ0n) is 9.19. The van der Waals surface area contributed by atoms with Crippen LogP contribution < -0.4 is 5.01 Å². The second kappa shape index (κ2) is 6.40. The molecule has 0 atom stereocenters. The van der Waals surface area contributed by atoms with Crippen LogP contribution in [0.5, 0.6) is 0 Å². The predicted molar refractivity (Wildman–Crippen MR) is 57.8 cm³/mol. The number of nitrogens with zero attached hydrogens (tertiary/aromatic N) is 4. The third-order valence-electron chi connectivity index (χ3n) is 2.24. The first-order valence-electron chi connectivity index (χ1n) is 5.50. The first kappa shape index (κ1) is 11.0. The van der Waals surface area contributed by atoms with Crippen LogP contribution in [0.15, 0.2) is 12.4 Å². The van der Waals surface area contributed by atoms with Crippen LogP contribution in [-0.4, -0.2) is 28.2 Å². The lowest BCUT2D eigenvalue weighted by Gasteiger charge is -2.23. The third-order valence-corrected chi connectivity index (χ3v) is 2.24. The van der Waals surface area contributed by atoms with Crippen molar-refractivity contribution >= 4 is 0 Å². The van der Waals surface area contributed by atoms with Crippen molar-refractivity contribution in [1.82, 2.24) is 15.1 Å². The summed E-state index contributed by atoms with van der Waals surface area (Å²) in [5.74, 6) is 0. The van der Waals surface area contributed by atoms with E-state index in [4.69, 9.17) is 0 Å². The normalized spacial score (nSPS) is 10.4. The van der Waals surface area contributed by atoms with Gasteiger partial charge >= 0.3 is 0 Å². The Morgan fingerprint density at radius 3 is 2.21 bits per heavy atom. The monoisotopic (exact) mass is 196 g/mol. The van der Waals surface area contributed by atoms with Crippen LogP contribution in [0.2, 0.25) is 0 Å². The van der Waals surface area contributed by atoms with Gasteiger partial charge in [-0.15, -0.1) is 5.10 Å². The molecule has 0 aliphatic heterocycles. The lowest BCUT2D eigenvalue weighted by atomic mass is 10.3. The summed E-state index contributed by atoms with van der Waals surface area (Å²) in [4.78, 5) is 1.85. The van der Waals surface area contributed by atoms with Gasteiger partial charge in [-0.05, 0) is 18.1 Å². The summed E-state index contributed by atoms with van der Waals surface area (Å²) in [5.41, 5.74) is 0. The molecule has 1 rings (SSSR count). The van der Waals surface area contributed by atoms with Gasteiger partial charge in [0.1, 0.15) is 0 Å². The molecular formula is C10H20N4. The average Bonchev–Trinajstić information content (AvgIpc) is 2.71. The highest BCUT2D eigenvalue weighted by Gasteiger charge is 2.03. The highest BCUT2D eigenvalue weighted by molar-refractivity contribution is 4.83. The molecule has 14 heavy (non-hydrogen) atoms. The van der Waals surface area contributed by atoms with Gasteiger partial charge in [-0.2, -0.15) is 4.79 Å². The highest BCUT2D eigenvalue weighted by atomic mass is 15.7. The summed E-state index contributed by atoms with van der Waals surface area (Å²) in [7, 11) is 0. The molecule has 1 aromatic heterocycles. The molecular weight excluding hydrogens is 176 g/mol. The topological polar surface area (TPSA) is 34.0 Å². The smallest absolute Gasteiger partial charge is 0.0715 e. The van der Waals surface area contributed by atoms with E-state index in [-0.39, 0.29) is 0 Å². The van der Waals surface area contributed by atoms with Crippen LogP contribution in [0, 0.1) is 0 Å². The highest BCUT2D eigenvalue weighted by Crippen LogP contribution is 1.97. The number of hydrogen-bond donors (Lipinski definition) is 0. The van der Waals surface area contributed by atoms with E-state index in [0.29, 0.717) is 0 Å². The Balaban J connectivity index is 2.44. The summed E-state index contributed by atoms with van der Waals surface area (Å²) in [6.07, 6.45) is 8.50. The summed E-state index contributed by atoms with van der Waals surface area (Å²) in [5, 5.41) is 10.1. The van der Waals surface area contributed by atoms with E-state index in [1.807, 2.05) is 11.0 Å². The molecule has 0 radical (unpaired) electrons. The lowest BCUT2D eigenvalue weighted by Crippen LogP contribution is -2.36. The van der Waals surface area contributed by atoms with E-state index >= 15 is 0 Å². The molecule has 1 aromatic rings. The molecule has 0 N–H and O–H groups in total. The maximum Gasteiger partial charge on any atom is 0.0715 e. The van der Waals surface area contributed by atoms with Gasteiger partial charge < -0.3 is 0 Å². The molecule has 80 valence electrons. The van der Waals surface area contributed by atoms with Crippen molar-refractivity contribution in [2.24, 2.45) is 0 Å². The Morgan fingerprint density at radius 2 is 1.79 bits per heavy atom. The Kier molecular flexibility index (Phi) is 5.04. The Bertz CT molecular complexity index is 212. The second-order valence-corrected chi connectivity index (χ2v) is 3.48. The fourth-order valence-electron chi connectivity index (χ4n) is 1.35. The van der Waals surface area contributed by atoms with Crippen molar-refractivity contribution in [2.45, 2.75) is 39.5 Å². The van der Waals surface area contributed by atoms with Gasteiger partial charge in [0.15, 0.2) is 0 Å². The van der Waals surface area contributed by atoms with Crippen molar-refractivity contribution in [1.29, 1.82) is 0 Å². The van der Waals surface area contributed by atoms with Gasteiger partial charge in [-0.3, -0.25) is 5.01 Å². The molecule has 0 spiro atoms. The fraction of sp³-hybridized carbons (Fsp3) is 0.800. The van der Waals surface area contributed by atoms with E-state index in [1.165, 1.54) is 25.7 Å². The molecule has 0 fully saturated rings. The third kappa shape index (κ3) is 3.36. The van der Waals surface area contributed by atoms with Crippen molar-refractivity contribution in [2.75, 3.05) is 18.1 Å². The molecule has 0 aliphatic rings. The second-order valence-electron chi connectivity index (χ2n) is 3.48. The minimum Gasteiger partial charge on any atom is -0.296 e. The lowest BCUT2D eigenvalue weighted by molar-refractivity contribution is 0.489. The van der Waals surface area contributed by atoms with Gasteiger partial charge in [0, 0.05) is 13.1 Å². The Morgan fingerprint density at radius 1 is 1.14 bits per heavy atom. The molecule has 1 heterocycles. The first-order chi connectivity index (χ1) is 6.88. The number of unbranched alkanes of at least 4 members (excludes halogenated alkanes) is 2. The molecule has 0 bridgehead atoms. The van der Waals surface area contributed by atoms with Crippen molar-refractivity contribution in [3.05, 3.63) is 12.4 Å². The largest absolute Gasteiger partial charge is 0.296 e. The fourth-order valence-corrected chi connectivity index (χ4v) is 1.35. The van der Waals surface area contributed by atoms with Crippen LogP contribution in [0.3, 0.4) is 0 Å². The number of rotatable bonds is 7. The molecule has 0 aliphatic carbocycles. The molecule has 0 saturated heterocycles. The first-order valence-corrected chi connectivity index (χ1v) is 5.50. The van der Waals surface area contributed by atoms with Gasteiger partial charge in [0.25, 0.3) is 0 Å². The predicted octanol–water partition coefficient (Wildman–Crippen LogP) is 1.82. The van der Waals surface area contributed by atoms with Crippen LogP contribution in [-0.2, 0) is 0 Å². The molecule has 0 unspecified atom stereocenters. The minimum absolute atomic E-state index is 1.07. The van der Waals surface area contributed by atoms with Crippen LogP contribution >= 0.6 is 0 Å². The van der Waals surface area contributed by atoms with Crippen molar-refractivity contribution < 1.29 is 0 Å². The van der Waals surface area contributed by atoms with E-state index in [9.17, 15) is 0 Å². The van der Waals surface area contributed by atoms with Gasteiger partial charge in [-0.25, -0.2) is 0 Å². The minimum atomic E-state index is 1.07. The molecule has 4 nitrogen and oxygen atoms in total. The SMILES string of the molecule is CCCCN(CCCC)n1ccnn1. The Labute approximate surface area is 85.9 Å². The molecule has 0 aromatic carbocycles. The Hall–Kier alpha value is -1.06. The van der Waals surface area contributed by atoms with E-state index in [1.54, 1.807) is 6.20 Å².